The number of hydrogen-bond acceptors (Lipinski definition) is 5. The topological polar surface area (TPSA) is 61.8 Å². The molecule has 5 nitrogen and oxygen atoms in total. The van der Waals surface area contributed by atoms with Gasteiger partial charge >= 0.3 is 11.9 Å². The van der Waals surface area contributed by atoms with Crippen LogP contribution in [0.2, 0.25) is 0 Å². The summed E-state index contributed by atoms with van der Waals surface area (Å²) in [6.45, 7) is 7.57. The maximum absolute atomic E-state index is 12.9. The number of esters is 2. The number of carbonyl (C=O) groups is 2. The number of rotatable bonds is 54. The van der Waals surface area contributed by atoms with E-state index in [1.54, 1.807) is 0 Å². The van der Waals surface area contributed by atoms with E-state index in [1.807, 2.05) is 0 Å². The maximum atomic E-state index is 12.9. The highest BCUT2D eigenvalue weighted by molar-refractivity contribution is 5.70. The minimum absolute atomic E-state index is 0.0674. The molecule has 0 aromatic rings. The molecule has 0 spiro atoms. The molecule has 0 saturated carbocycles. The zero-order chi connectivity index (χ0) is 50.6. The van der Waals surface area contributed by atoms with Crippen LogP contribution in [0.4, 0.5) is 0 Å². The quantitative estimate of drug-likeness (QED) is 0.0345. The summed E-state index contributed by atoms with van der Waals surface area (Å²) in [6.07, 6.45) is 81.5. The zero-order valence-corrected chi connectivity index (χ0v) is 46.3. The van der Waals surface area contributed by atoms with Gasteiger partial charge in [-0.3, -0.25) is 9.59 Å². The molecule has 70 heavy (non-hydrogen) atoms. The summed E-state index contributed by atoms with van der Waals surface area (Å²) in [7, 11) is 0. The Morgan fingerprint density at radius 2 is 0.643 bits per heavy atom. The number of allylic oxidation sites excluding steroid dienone is 16. The van der Waals surface area contributed by atoms with E-state index in [0.717, 1.165) is 109 Å². The molecule has 0 saturated heterocycles. The first-order valence-corrected chi connectivity index (χ1v) is 29.8. The van der Waals surface area contributed by atoms with Gasteiger partial charge < -0.3 is 14.2 Å². The van der Waals surface area contributed by atoms with Crippen LogP contribution in [-0.4, -0.2) is 37.9 Å². The average Bonchev–Trinajstić information content (AvgIpc) is 3.36. The Hall–Kier alpha value is -3.18. The summed E-state index contributed by atoms with van der Waals surface area (Å²) >= 11 is 0. The smallest absolute Gasteiger partial charge is 0.306 e. The van der Waals surface area contributed by atoms with Gasteiger partial charge in [0, 0.05) is 19.4 Å². The third-order valence-corrected chi connectivity index (χ3v) is 12.6. The lowest BCUT2D eigenvalue weighted by molar-refractivity contribution is -0.163. The van der Waals surface area contributed by atoms with Crippen molar-refractivity contribution in [3.63, 3.8) is 0 Å². The Balaban J connectivity index is 4.34. The molecule has 402 valence electrons. The van der Waals surface area contributed by atoms with E-state index >= 15 is 0 Å². The van der Waals surface area contributed by atoms with Crippen LogP contribution in [0, 0.1) is 0 Å². The van der Waals surface area contributed by atoms with Gasteiger partial charge in [0.2, 0.25) is 0 Å². The molecular weight excluding hydrogens is 861 g/mol. The van der Waals surface area contributed by atoms with Crippen molar-refractivity contribution < 1.29 is 23.8 Å². The molecule has 0 amide bonds. The largest absolute Gasteiger partial charge is 0.462 e. The zero-order valence-electron chi connectivity index (χ0n) is 46.3. The van der Waals surface area contributed by atoms with Gasteiger partial charge in [0.25, 0.3) is 0 Å². The second kappa shape index (κ2) is 60.1. The Kier molecular flexibility index (Phi) is 57.4. The first-order chi connectivity index (χ1) is 34.6. The average molecular weight is 974 g/mol. The summed E-state index contributed by atoms with van der Waals surface area (Å²) in [5.41, 5.74) is 0. The molecule has 0 bridgehead atoms. The highest BCUT2D eigenvalue weighted by Crippen LogP contribution is 2.16. The molecular formula is C65H112O5. The number of hydrogen-bond donors (Lipinski definition) is 0. The molecule has 0 heterocycles. The standard InChI is InChI=1S/C65H112O5/c1-4-7-10-13-16-19-22-25-28-31-32-33-36-39-42-45-48-51-54-57-60-68-61-63(70-65(67)59-56-53-50-47-44-41-38-35-30-27-24-21-18-15-12-9-6-3)62-69-64(66)58-55-52-49-46-43-40-37-34-29-26-23-20-17-14-11-8-5-2/h7-8,10-11,16-17,19-20,25-26,28-29,32-33,39,42,63H,4-6,9,12-15,18,21-24,27,30-31,34-38,40-41,43-62H2,1-3H3/b10-7-,11-8-,19-16-,20-17-,28-25-,29-26-,33-32-,42-39-. The fourth-order valence-corrected chi connectivity index (χ4v) is 8.26. The first-order valence-electron chi connectivity index (χ1n) is 29.8. The van der Waals surface area contributed by atoms with Crippen LogP contribution in [0.1, 0.15) is 278 Å². The van der Waals surface area contributed by atoms with Crippen molar-refractivity contribution in [2.45, 2.75) is 284 Å². The minimum atomic E-state index is -0.558. The predicted molar refractivity (Wildman–Crippen MR) is 306 cm³/mol. The Morgan fingerprint density at radius 3 is 1.03 bits per heavy atom. The molecule has 0 aromatic heterocycles. The van der Waals surface area contributed by atoms with E-state index in [1.165, 1.54) is 135 Å². The van der Waals surface area contributed by atoms with E-state index < -0.39 is 6.10 Å². The molecule has 0 fully saturated rings. The minimum Gasteiger partial charge on any atom is -0.462 e. The van der Waals surface area contributed by atoms with Crippen LogP contribution < -0.4 is 0 Å². The number of unbranched alkanes of at least 4 members (excludes halogenated alkanes) is 27. The van der Waals surface area contributed by atoms with Crippen LogP contribution >= 0.6 is 0 Å². The van der Waals surface area contributed by atoms with Gasteiger partial charge in [-0.05, 0) is 96.3 Å². The SMILES string of the molecule is CC/C=C\C/C=C\C/C=C\C/C=C\C/C=C\CCCCCCOCC(COC(=O)CCCCCCCCC/C=C\C/C=C\C/C=C\CC)OC(=O)CCCCCCCCCCCCCCCCCCC. The van der Waals surface area contributed by atoms with Crippen LogP contribution in [0.3, 0.4) is 0 Å². The molecule has 0 aliphatic heterocycles. The molecule has 0 aromatic carbocycles. The van der Waals surface area contributed by atoms with Gasteiger partial charge in [0.15, 0.2) is 6.10 Å². The van der Waals surface area contributed by atoms with Gasteiger partial charge in [-0.1, -0.05) is 266 Å². The second-order valence-corrected chi connectivity index (χ2v) is 19.5. The molecule has 0 N–H and O–H groups in total. The van der Waals surface area contributed by atoms with Crippen molar-refractivity contribution in [3.05, 3.63) is 97.2 Å². The van der Waals surface area contributed by atoms with Gasteiger partial charge in [-0.2, -0.15) is 0 Å². The third kappa shape index (κ3) is 57.4. The van der Waals surface area contributed by atoms with E-state index in [2.05, 4.69) is 118 Å². The molecule has 0 aliphatic rings. The molecule has 0 aliphatic carbocycles. The first kappa shape index (κ1) is 66.8. The van der Waals surface area contributed by atoms with E-state index in [4.69, 9.17) is 14.2 Å². The Morgan fingerprint density at radius 1 is 0.329 bits per heavy atom. The van der Waals surface area contributed by atoms with Crippen LogP contribution in [0.25, 0.3) is 0 Å². The Labute approximate surface area is 434 Å². The molecule has 0 rings (SSSR count). The highest BCUT2D eigenvalue weighted by atomic mass is 16.6. The summed E-state index contributed by atoms with van der Waals surface area (Å²) in [6, 6.07) is 0. The van der Waals surface area contributed by atoms with Gasteiger partial charge in [-0.15, -0.1) is 0 Å². The van der Waals surface area contributed by atoms with Crippen molar-refractivity contribution in [1.82, 2.24) is 0 Å². The lowest BCUT2D eigenvalue weighted by Gasteiger charge is -2.18. The van der Waals surface area contributed by atoms with Crippen LogP contribution in [-0.2, 0) is 23.8 Å². The van der Waals surface area contributed by atoms with Crippen molar-refractivity contribution in [2.75, 3.05) is 19.8 Å². The fourth-order valence-electron chi connectivity index (χ4n) is 8.26. The van der Waals surface area contributed by atoms with E-state index in [9.17, 15) is 9.59 Å². The van der Waals surface area contributed by atoms with Crippen molar-refractivity contribution >= 4 is 11.9 Å². The molecule has 1 unspecified atom stereocenters. The lowest BCUT2D eigenvalue weighted by atomic mass is 10.0. The van der Waals surface area contributed by atoms with E-state index in [0.29, 0.717) is 19.4 Å². The number of ether oxygens (including phenoxy) is 3. The summed E-state index contributed by atoms with van der Waals surface area (Å²) in [4.78, 5) is 25.6. The summed E-state index contributed by atoms with van der Waals surface area (Å²) < 4.78 is 17.5. The number of carbonyl (C=O) groups excluding carboxylic acids is 2. The third-order valence-electron chi connectivity index (χ3n) is 12.6. The molecule has 1 atom stereocenters. The summed E-state index contributed by atoms with van der Waals surface area (Å²) in [5, 5.41) is 0. The lowest BCUT2D eigenvalue weighted by Crippen LogP contribution is -2.30. The van der Waals surface area contributed by atoms with Crippen LogP contribution in [0.15, 0.2) is 97.2 Å². The summed E-state index contributed by atoms with van der Waals surface area (Å²) in [5.74, 6) is -0.416. The monoisotopic (exact) mass is 973 g/mol. The molecule has 5 heteroatoms. The second-order valence-electron chi connectivity index (χ2n) is 19.5. The highest BCUT2D eigenvalue weighted by Gasteiger charge is 2.17. The van der Waals surface area contributed by atoms with Crippen LogP contribution in [0.5, 0.6) is 0 Å². The predicted octanol–water partition coefficient (Wildman–Crippen LogP) is 20.6. The van der Waals surface area contributed by atoms with Gasteiger partial charge in [0.05, 0.1) is 6.61 Å². The maximum Gasteiger partial charge on any atom is 0.306 e. The van der Waals surface area contributed by atoms with Crippen molar-refractivity contribution in [2.24, 2.45) is 0 Å². The normalized spacial score (nSPS) is 12.9. The molecule has 0 radical (unpaired) electrons. The van der Waals surface area contributed by atoms with Crippen molar-refractivity contribution in [3.8, 4) is 0 Å². The Bertz CT molecular complexity index is 1330. The van der Waals surface area contributed by atoms with E-state index in [-0.39, 0.29) is 25.2 Å². The van der Waals surface area contributed by atoms with Gasteiger partial charge in [-0.25, -0.2) is 0 Å². The van der Waals surface area contributed by atoms with Gasteiger partial charge in [0.1, 0.15) is 6.61 Å². The van der Waals surface area contributed by atoms with Crippen molar-refractivity contribution in [1.29, 1.82) is 0 Å². The fraction of sp³-hybridized carbons (Fsp3) is 0.723.